The molecule has 1 saturated heterocycles. The topological polar surface area (TPSA) is 89.5 Å². The van der Waals surface area contributed by atoms with Gasteiger partial charge in [0, 0.05) is 36.8 Å². The van der Waals surface area contributed by atoms with Crippen molar-refractivity contribution in [1.82, 2.24) is 19.8 Å². The van der Waals surface area contributed by atoms with Gasteiger partial charge in [0.15, 0.2) is 0 Å². The Kier molecular flexibility index (Phi) is 7.15. The van der Waals surface area contributed by atoms with Crippen molar-refractivity contribution in [3.8, 4) is 0 Å². The number of carbonyl (C=O) groups is 2. The van der Waals surface area contributed by atoms with Crippen LogP contribution in [0.4, 0.5) is 0 Å². The molecule has 0 spiro atoms. The molecule has 7 nitrogen and oxygen atoms in total. The molecule has 7 heteroatoms. The van der Waals surface area contributed by atoms with Gasteiger partial charge < -0.3 is 19.9 Å². The van der Waals surface area contributed by atoms with E-state index in [1.807, 2.05) is 36.1 Å². The quantitative estimate of drug-likeness (QED) is 0.743. The Bertz CT molecular complexity index is 890. The van der Waals surface area contributed by atoms with Crippen LogP contribution in [-0.2, 0) is 16.8 Å². The molecule has 168 valence electrons. The second-order valence-corrected chi connectivity index (χ2v) is 9.35. The summed E-state index contributed by atoms with van der Waals surface area (Å²) in [6.45, 7) is 10.1. The number of aliphatic hydroxyl groups is 1. The Morgan fingerprint density at radius 1 is 1.19 bits per heavy atom. The normalized spacial score (nSPS) is 15.2. The Hall–Kier alpha value is -2.67. The van der Waals surface area contributed by atoms with E-state index >= 15 is 0 Å². The zero-order chi connectivity index (χ0) is 22.6. The maximum Gasteiger partial charge on any atom is 0.253 e. The first-order valence-electron chi connectivity index (χ1n) is 11.0. The molecule has 2 N–H and O–H groups in total. The number of hydrogen-bond acceptors (Lipinski definition) is 4. The fraction of sp³-hybridized carbons (Fsp3) is 0.542. The monoisotopic (exact) mass is 426 g/mol. The van der Waals surface area contributed by atoms with E-state index in [9.17, 15) is 14.7 Å². The average molecular weight is 427 g/mol. The highest BCUT2D eigenvalue weighted by molar-refractivity contribution is 5.94. The molecule has 2 aromatic rings. The van der Waals surface area contributed by atoms with Gasteiger partial charge in [-0.2, -0.15) is 0 Å². The van der Waals surface area contributed by atoms with Crippen LogP contribution in [0.5, 0.6) is 0 Å². The lowest BCUT2D eigenvalue weighted by Crippen LogP contribution is -2.45. The van der Waals surface area contributed by atoms with Crippen LogP contribution < -0.4 is 0 Å². The molecule has 2 amide bonds. The molecule has 1 aliphatic rings. The van der Waals surface area contributed by atoms with E-state index in [1.165, 1.54) is 5.56 Å². The van der Waals surface area contributed by atoms with Crippen molar-refractivity contribution < 1.29 is 14.7 Å². The molecule has 2 heterocycles. The Morgan fingerprint density at radius 3 is 2.35 bits per heavy atom. The molecule has 1 aromatic heterocycles. The minimum absolute atomic E-state index is 0.0192. The van der Waals surface area contributed by atoms with E-state index in [0.717, 1.165) is 11.4 Å². The van der Waals surface area contributed by atoms with Crippen molar-refractivity contribution in [3.05, 3.63) is 53.1 Å². The van der Waals surface area contributed by atoms with Crippen LogP contribution in [0.25, 0.3) is 0 Å². The lowest BCUT2D eigenvalue weighted by molar-refractivity contribution is -0.138. The van der Waals surface area contributed by atoms with Crippen molar-refractivity contribution >= 4 is 11.8 Å². The van der Waals surface area contributed by atoms with Gasteiger partial charge in [-0.3, -0.25) is 9.59 Å². The molecular weight excluding hydrogens is 392 g/mol. The van der Waals surface area contributed by atoms with Gasteiger partial charge in [-0.25, -0.2) is 4.98 Å². The molecule has 0 unspecified atom stereocenters. The summed E-state index contributed by atoms with van der Waals surface area (Å²) in [6, 6.07) is 7.84. The zero-order valence-electron chi connectivity index (χ0n) is 19.0. The number of amides is 2. The molecular formula is C24H34N4O3. The van der Waals surface area contributed by atoms with Gasteiger partial charge in [0.2, 0.25) is 5.91 Å². The molecule has 1 aromatic carbocycles. The summed E-state index contributed by atoms with van der Waals surface area (Å²) in [4.78, 5) is 36.8. The van der Waals surface area contributed by atoms with Crippen LogP contribution in [0.15, 0.2) is 30.6 Å². The van der Waals surface area contributed by atoms with Crippen molar-refractivity contribution in [2.45, 2.75) is 52.5 Å². The van der Waals surface area contributed by atoms with E-state index in [1.54, 1.807) is 11.2 Å². The standard InChI is InChI=1S/C24H34N4O3/c1-17-21(26-16-25-17)15-28(13-14-29)23(31)19-9-11-27(12-10-19)22(30)18-5-7-20(8-6-18)24(2,3)4/h5-8,16,19,29H,9-15H2,1-4H3,(H,25,26). The van der Waals surface area contributed by atoms with Gasteiger partial charge >= 0.3 is 0 Å². The smallest absolute Gasteiger partial charge is 0.253 e. The van der Waals surface area contributed by atoms with Crippen LogP contribution in [0.3, 0.4) is 0 Å². The van der Waals surface area contributed by atoms with E-state index in [0.29, 0.717) is 38.0 Å². The molecule has 31 heavy (non-hydrogen) atoms. The molecule has 0 bridgehead atoms. The number of nitrogens with one attached hydrogen (secondary N) is 1. The first kappa shape index (κ1) is 23.0. The minimum atomic E-state index is -0.141. The van der Waals surface area contributed by atoms with Gasteiger partial charge in [0.25, 0.3) is 5.91 Å². The molecule has 1 fully saturated rings. The number of H-pyrrole nitrogens is 1. The average Bonchev–Trinajstić information content (AvgIpc) is 3.16. The number of imidazole rings is 1. The second-order valence-electron chi connectivity index (χ2n) is 9.35. The fourth-order valence-electron chi connectivity index (χ4n) is 4.00. The van der Waals surface area contributed by atoms with Crippen molar-refractivity contribution in [1.29, 1.82) is 0 Å². The van der Waals surface area contributed by atoms with Gasteiger partial charge in [-0.1, -0.05) is 32.9 Å². The number of aliphatic hydroxyl groups excluding tert-OH is 1. The van der Waals surface area contributed by atoms with Gasteiger partial charge in [-0.05, 0) is 42.9 Å². The molecule has 1 aliphatic heterocycles. The van der Waals surface area contributed by atoms with Crippen molar-refractivity contribution in [3.63, 3.8) is 0 Å². The Balaban J connectivity index is 1.59. The van der Waals surface area contributed by atoms with Crippen LogP contribution in [0.2, 0.25) is 0 Å². The Morgan fingerprint density at radius 2 is 1.84 bits per heavy atom. The third-order valence-corrected chi connectivity index (χ3v) is 6.09. The number of aromatic amines is 1. The summed E-state index contributed by atoms with van der Waals surface area (Å²) in [5.41, 5.74) is 3.68. The second kappa shape index (κ2) is 9.64. The van der Waals surface area contributed by atoms with Crippen LogP contribution in [0.1, 0.15) is 60.9 Å². The van der Waals surface area contributed by atoms with Crippen LogP contribution in [-0.4, -0.2) is 62.9 Å². The summed E-state index contributed by atoms with van der Waals surface area (Å²) in [5.74, 6) is -0.0955. The number of carbonyl (C=O) groups excluding carboxylic acids is 2. The maximum atomic E-state index is 13.1. The third-order valence-electron chi connectivity index (χ3n) is 6.09. The summed E-state index contributed by atoms with van der Waals surface area (Å²) < 4.78 is 0. The molecule has 3 rings (SSSR count). The maximum absolute atomic E-state index is 13.1. The van der Waals surface area contributed by atoms with E-state index < -0.39 is 0 Å². The van der Waals surface area contributed by atoms with Crippen LogP contribution >= 0.6 is 0 Å². The molecule has 0 saturated carbocycles. The van der Waals surface area contributed by atoms with Gasteiger partial charge in [0.05, 0.1) is 25.2 Å². The summed E-state index contributed by atoms with van der Waals surface area (Å²) in [5, 5.41) is 9.42. The van der Waals surface area contributed by atoms with E-state index in [-0.39, 0.29) is 36.3 Å². The minimum Gasteiger partial charge on any atom is -0.395 e. The zero-order valence-corrected chi connectivity index (χ0v) is 19.0. The van der Waals surface area contributed by atoms with Crippen molar-refractivity contribution in [2.24, 2.45) is 5.92 Å². The number of piperidine rings is 1. The van der Waals surface area contributed by atoms with Crippen LogP contribution in [0, 0.1) is 12.8 Å². The van der Waals surface area contributed by atoms with Gasteiger partial charge in [0.1, 0.15) is 0 Å². The lowest BCUT2D eigenvalue weighted by atomic mass is 9.86. The molecule has 0 radical (unpaired) electrons. The first-order valence-corrected chi connectivity index (χ1v) is 11.0. The highest BCUT2D eigenvalue weighted by atomic mass is 16.3. The number of likely N-dealkylation sites (tertiary alicyclic amines) is 1. The lowest BCUT2D eigenvalue weighted by Gasteiger charge is -2.34. The number of aromatic nitrogens is 2. The highest BCUT2D eigenvalue weighted by Gasteiger charge is 2.31. The third kappa shape index (κ3) is 5.53. The number of rotatable bonds is 6. The highest BCUT2D eigenvalue weighted by Crippen LogP contribution is 2.25. The fourth-order valence-corrected chi connectivity index (χ4v) is 4.00. The number of nitrogens with zero attached hydrogens (tertiary/aromatic N) is 3. The number of aryl methyl sites for hydroxylation is 1. The predicted molar refractivity (Wildman–Crippen MR) is 120 cm³/mol. The first-order chi connectivity index (χ1) is 14.7. The summed E-state index contributed by atoms with van der Waals surface area (Å²) in [7, 11) is 0. The molecule has 0 aliphatic carbocycles. The largest absolute Gasteiger partial charge is 0.395 e. The number of hydrogen-bond donors (Lipinski definition) is 2. The predicted octanol–water partition coefficient (Wildman–Crippen LogP) is 2.89. The van der Waals surface area contributed by atoms with E-state index in [2.05, 4.69) is 30.7 Å². The molecule has 0 atom stereocenters. The summed E-state index contributed by atoms with van der Waals surface area (Å²) >= 11 is 0. The number of benzene rings is 1. The van der Waals surface area contributed by atoms with E-state index in [4.69, 9.17) is 0 Å². The SMILES string of the molecule is Cc1[nH]cnc1CN(CCO)C(=O)C1CCN(C(=O)c2ccc(C(C)(C)C)cc2)CC1. The van der Waals surface area contributed by atoms with Crippen molar-refractivity contribution in [2.75, 3.05) is 26.2 Å². The Labute approximate surface area is 184 Å². The summed E-state index contributed by atoms with van der Waals surface area (Å²) in [6.07, 6.45) is 2.88. The van der Waals surface area contributed by atoms with Gasteiger partial charge in [-0.15, -0.1) is 0 Å².